The van der Waals surface area contributed by atoms with Crippen LogP contribution in [0.15, 0.2) is 36.7 Å². The van der Waals surface area contributed by atoms with E-state index in [-0.39, 0.29) is 11.8 Å². The van der Waals surface area contributed by atoms with Gasteiger partial charge in [0.05, 0.1) is 12.5 Å². The highest BCUT2D eigenvalue weighted by atomic mass is 16.5. The lowest BCUT2D eigenvalue weighted by molar-refractivity contribution is -0.123. The number of rotatable bonds is 5. The largest absolute Gasteiger partial charge is 0.493 e. The van der Waals surface area contributed by atoms with Gasteiger partial charge in [-0.2, -0.15) is 0 Å². The molecule has 1 aromatic carbocycles. The minimum absolute atomic E-state index is 0.0881. The predicted octanol–water partition coefficient (Wildman–Crippen LogP) is 2.02. The van der Waals surface area contributed by atoms with Crippen LogP contribution in [-0.2, 0) is 11.2 Å². The molecule has 1 aliphatic rings. The first-order valence-electron chi connectivity index (χ1n) is 7.32. The number of benzene rings is 1. The van der Waals surface area contributed by atoms with E-state index in [2.05, 4.69) is 15.3 Å². The molecule has 5 heteroatoms. The first-order valence-corrected chi connectivity index (χ1v) is 7.32. The summed E-state index contributed by atoms with van der Waals surface area (Å²) in [7, 11) is 0. The second-order valence-electron chi connectivity index (χ2n) is 5.16. The Hall–Kier alpha value is -2.30. The maximum atomic E-state index is 12.3. The Balaban J connectivity index is 1.52. The van der Waals surface area contributed by atoms with Gasteiger partial charge in [0.15, 0.2) is 0 Å². The van der Waals surface area contributed by atoms with Crippen molar-refractivity contribution in [2.45, 2.75) is 25.2 Å². The molecule has 1 amide bonds. The van der Waals surface area contributed by atoms with E-state index in [9.17, 15) is 4.79 Å². The number of ether oxygens (including phenoxy) is 1. The molecule has 0 saturated carbocycles. The van der Waals surface area contributed by atoms with Crippen LogP contribution in [0.5, 0.6) is 5.75 Å². The molecule has 110 valence electrons. The highest BCUT2D eigenvalue weighted by Crippen LogP contribution is 2.33. The molecule has 0 fully saturated rings. The summed E-state index contributed by atoms with van der Waals surface area (Å²) in [6.45, 7) is 1.26. The number of para-hydroxylation sites is 1. The SMILES string of the molecule is O=C(NCCCc1ncc[nH]1)C1CCOc2ccccc21. The van der Waals surface area contributed by atoms with E-state index in [1.165, 1.54) is 0 Å². The molecule has 0 spiro atoms. The Morgan fingerprint density at radius 2 is 2.33 bits per heavy atom. The predicted molar refractivity (Wildman–Crippen MR) is 79.2 cm³/mol. The Morgan fingerprint density at radius 3 is 3.19 bits per heavy atom. The fourth-order valence-corrected chi connectivity index (χ4v) is 2.64. The lowest BCUT2D eigenvalue weighted by Gasteiger charge is -2.25. The molecule has 21 heavy (non-hydrogen) atoms. The number of aryl methyl sites for hydroxylation is 1. The van der Waals surface area contributed by atoms with Crippen LogP contribution in [0, 0.1) is 0 Å². The van der Waals surface area contributed by atoms with Crippen LogP contribution in [0.2, 0.25) is 0 Å². The Labute approximate surface area is 123 Å². The third-order valence-electron chi connectivity index (χ3n) is 3.72. The van der Waals surface area contributed by atoms with E-state index in [0.29, 0.717) is 13.2 Å². The molecule has 2 heterocycles. The number of hydrogen-bond acceptors (Lipinski definition) is 3. The van der Waals surface area contributed by atoms with E-state index in [1.54, 1.807) is 6.20 Å². The zero-order valence-corrected chi connectivity index (χ0v) is 11.8. The van der Waals surface area contributed by atoms with Crippen LogP contribution in [0.1, 0.15) is 30.1 Å². The summed E-state index contributed by atoms with van der Waals surface area (Å²) in [5.41, 5.74) is 0.993. The van der Waals surface area contributed by atoms with Crippen LogP contribution >= 0.6 is 0 Å². The Kier molecular flexibility index (Phi) is 4.19. The smallest absolute Gasteiger partial charge is 0.227 e. The number of carbonyl (C=O) groups excluding carboxylic acids is 1. The molecule has 0 saturated heterocycles. The molecule has 0 radical (unpaired) electrons. The summed E-state index contributed by atoms with van der Waals surface area (Å²) < 4.78 is 5.59. The first-order chi connectivity index (χ1) is 10.3. The van der Waals surface area contributed by atoms with Gasteiger partial charge in [-0.25, -0.2) is 4.98 Å². The van der Waals surface area contributed by atoms with Crippen molar-refractivity contribution in [2.75, 3.05) is 13.2 Å². The summed E-state index contributed by atoms with van der Waals surface area (Å²) in [6, 6.07) is 7.78. The van der Waals surface area contributed by atoms with Crippen molar-refractivity contribution in [2.24, 2.45) is 0 Å². The number of H-pyrrole nitrogens is 1. The van der Waals surface area contributed by atoms with E-state index < -0.39 is 0 Å². The van der Waals surface area contributed by atoms with E-state index >= 15 is 0 Å². The summed E-state index contributed by atoms with van der Waals surface area (Å²) in [4.78, 5) is 19.6. The van der Waals surface area contributed by atoms with Crippen LogP contribution in [0.4, 0.5) is 0 Å². The number of aromatic nitrogens is 2. The van der Waals surface area contributed by atoms with Gasteiger partial charge in [-0.15, -0.1) is 0 Å². The summed E-state index contributed by atoms with van der Waals surface area (Å²) in [6.07, 6.45) is 6.02. The maximum absolute atomic E-state index is 12.3. The molecule has 1 atom stereocenters. The van der Waals surface area contributed by atoms with E-state index in [1.807, 2.05) is 30.5 Å². The van der Waals surface area contributed by atoms with E-state index in [4.69, 9.17) is 4.74 Å². The lowest BCUT2D eigenvalue weighted by Crippen LogP contribution is -2.33. The number of nitrogens with one attached hydrogen (secondary N) is 2. The van der Waals surface area contributed by atoms with Gasteiger partial charge in [0.2, 0.25) is 5.91 Å². The minimum atomic E-state index is -0.0986. The lowest BCUT2D eigenvalue weighted by atomic mass is 9.92. The topological polar surface area (TPSA) is 67.0 Å². The molecule has 0 aliphatic carbocycles. The van der Waals surface area contributed by atoms with Crippen LogP contribution in [0.3, 0.4) is 0 Å². The number of aromatic amines is 1. The molecular weight excluding hydrogens is 266 g/mol. The van der Waals surface area contributed by atoms with Crippen LogP contribution in [-0.4, -0.2) is 29.0 Å². The van der Waals surface area contributed by atoms with Crippen molar-refractivity contribution in [3.8, 4) is 5.75 Å². The Morgan fingerprint density at radius 1 is 1.43 bits per heavy atom. The number of nitrogens with zero attached hydrogens (tertiary/aromatic N) is 1. The van der Waals surface area contributed by atoms with Gasteiger partial charge in [-0.3, -0.25) is 4.79 Å². The molecular formula is C16H19N3O2. The average Bonchev–Trinajstić information content (AvgIpc) is 3.04. The Bertz CT molecular complexity index is 595. The maximum Gasteiger partial charge on any atom is 0.227 e. The van der Waals surface area contributed by atoms with Gasteiger partial charge < -0.3 is 15.0 Å². The quantitative estimate of drug-likeness (QED) is 0.826. The highest BCUT2D eigenvalue weighted by Gasteiger charge is 2.26. The van der Waals surface area contributed by atoms with Crippen molar-refractivity contribution in [1.82, 2.24) is 15.3 Å². The normalized spacial score (nSPS) is 16.9. The fourth-order valence-electron chi connectivity index (χ4n) is 2.64. The van der Waals surface area contributed by atoms with Gasteiger partial charge in [0.25, 0.3) is 0 Å². The van der Waals surface area contributed by atoms with Gasteiger partial charge in [-0.05, 0) is 18.9 Å². The molecule has 2 N–H and O–H groups in total. The summed E-state index contributed by atoms with van der Waals surface area (Å²) in [5, 5.41) is 3.02. The molecule has 5 nitrogen and oxygen atoms in total. The third-order valence-corrected chi connectivity index (χ3v) is 3.72. The molecule has 1 aromatic heterocycles. The summed E-state index contributed by atoms with van der Waals surface area (Å²) in [5.74, 6) is 1.78. The second-order valence-corrected chi connectivity index (χ2v) is 5.16. The van der Waals surface area contributed by atoms with Gasteiger partial charge in [0, 0.05) is 30.9 Å². The average molecular weight is 285 g/mol. The molecule has 0 bridgehead atoms. The number of fused-ring (bicyclic) bond motifs is 1. The van der Waals surface area contributed by atoms with Crippen molar-refractivity contribution in [3.63, 3.8) is 0 Å². The molecule has 1 unspecified atom stereocenters. The first kappa shape index (κ1) is 13.7. The number of hydrogen-bond donors (Lipinski definition) is 2. The number of amides is 1. The molecule has 3 rings (SSSR count). The monoisotopic (exact) mass is 285 g/mol. The fraction of sp³-hybridized carbons (Fsp3) is 0.375. The van der Waals surface area contributed by atoms with Gasteiger partial charge >= 0.3 is 0 Å². The van der Waals surface area contributed by atoms with Crippen molar-refractivity contribution >= 4 is 5.91 Å². The van der Waals surface area contributed by atoms with Crippen molar-refractivity contribution in [3.05, 3.63) is 48.0 Å². The zero-order valence-electron chi connectivity index (χ0n) is 11.8. The van der Waals surface area contributed by atoms with Crippen LogP contribution < -0.4 is 10.1 Å². The standard InChI is InChI=1S/C16H19N3O2/c20-16(19-8-3-6-15-17-9-10-18-15)13-7-11-21-14-5-2-1-4-12(13)14/h1-2,4-5,9-10,13H,3,6-8,11H2,(H,17,18)(H,19,20). The van der Waals surface area contributed by atoms with Crippen molar-refractivity contribution in [1.29, 1.82) is 0 Å². The highest BCUT2D eigenvalue weighted by molar-refractivity contribution is 5.84. The van der Waals surface area contributed by atoms with Gasteiger partial charge in [-0.1, -0.05) is 18.2 Å². The number of imidazole rings is 1. The van der Waals surface area contributed by atoms with Crippen molar-refractivity contribution < 1.29 is 9.53 Å². The second kappa shape index (κ2) is 6.43. The minimum Gasteiger partial charge on any atom is -0.493 e. The van der Waals surface area contributed by atoms with Gasteiger partial charge in [0.1, 0.15) is 11.6 Å². The zero-order chi connectivity index (χ0) is 14.5. The van der Waals surface area contributed by atoms with Crippen LogP contribution in [0.25, 0.3) is 0 Å². The van der Waals surface area contributed by atoms with E-state index in [0.717, 1.165) is 36.4 Å². The number of carbonyl (C=O) groups is 1. The third kappa shape index (κ3) is 3.24. The summed E-state index contributed by atoms with van der Waals surface area (Å²) >= 11 is 0. The molecule has 2 aromatic rings. The molecule has 1 aliphatic heterocycles.